The fourth-order valence-corrected chi connectivity index (χ4v) is 1.95. The molecular weight excluding hydrogens is 314 g/mol. The van der Waals surface area contributed by atoms with E-state index in [2.05, 4.69) is 10.1 Å². The third-order valence-corrected chi connectivity index (χ3v) is 3.35. The van der Waals surface area contributed by atoms with Gasteiger partial charge >= 0.3 is 5.97 Å². The molecule has 0 aliphatic rings. The maximum atomic E-state index is 11.6. The van der Waals surface area contributed by atoms with Gasteiger partial charge in [0.2, 0.25) is 5.91 Å². The summed E-state index contributed by atoms with van der Waals surface area (Å²) in [6.45, 7) is 0.602. The minimum Gasteiger partial charge on any atom is -0.469 e. The molecule has 0 fully saturated rings. The van der Waals surface area contributed by atoms with Crippen LogP contribution in [0.3, 0.4) is 0 Å². The van der Waals surface area contributed by atoms with E-state index >= 15 is 0 Å². The van der Waals surface area contributed by atoms with E-state index in [0.717, 1.165) is 24.8 Å². The minimum absolute atomic E-state index is 0.126. The molecule has 4 nitrogen and oxygen atoms in total. The number of amides is 1. The average Bonchev–Trinajstić information content (AvgIpc) is 2.56. The monoisotopic (exact) mass is 335 g/mol. The van der Waals surface area contributed by atoms with E-state index in [1.165, 1.54) is 13.2 Å². The highest BCUT2D eigenvalue weighted by molar-refractivity contribution is 6.30. The molecule has 0 unspecified atom stereocenters. The summed E-state index contributed by atoms with van der Waals surface area (Å²) in [7, 11) is 1.39. The number of carbonyl (C=O) groups excluding carboxylic acids is 2. The molecule has 0 bridgehead atoms. The number of halogens is 1. The van der Waals surface area contributed by atoms with E-state index in [1.54, 1.807) is 12.2 Å². The van der Waals surface area contributed by atoms with Crippen molar-refractivity contribution >= 4 is 29.6 Å². The van der Waals surface area contributed by atoms with Crippen molar-refractivity contribution < 1.29 is 14.3 Å². The molecule has 0 saturated heterocycles. The standard InChI is InChI=1S/C18H22ClNO3/c1-23-18(22)9-3-2-6-14-20-17(21)8-5-4-7-15-10-12-16(19)13-11-15/h4-5,7-8,10-13H,2-3,6,9,14H2,1H3,(H,20,21)/b7-4+,8-5-. The van der Waals surface area contributed by atoms with Crippen molar-refractivity contribution in [3.05, 3.63) is 53.1 Å². The number of allylic oxidation sites excluding steroid dienone is 2. The molecule has 0 atom stereocenters. The highest BCUT2D eigenvalue weighted by atomic mass is 35.5. The van der Waals surface area contributed by atoms with Crippen molar-refractivity contribution in [3.8, 4) is 0 Å². The van der Waals surface area contributed by atoms with E-state index in [4.69, 9.17) is 11.6 Å². The molecule has 0 aromatic heterocycles. The van der Waals surface area contributed by atoms with Crippen molar-refractivity contribution in [2.24, 2.45) is 0 Å². The lowest BCUT2D eigenvalue weighted by atomic mass is 10.2. The molecule has 5 heteroatoms. The Balaban J connectivity index is 2.13. The predicted octanol–water partition coefficient (Wildman–Crippen LogP) is 3.76. The Morgan fingerprint density at radius 3 is 2.57 bits per heavy atom. The van der Waals surface area contributed by atoms with Crippen molar-refractivity contribution in [1.82, 2.24) is 5.32 Å². The van der Waals surface area contributed by atoms with Gasteiger partial charge < -0.3 is 10.1 Å². The van der Waals surface area contributed by atoms with Crippen LogP contribution < -0.4 is 5.32 Å². The first kappa shape index (κ1) is 19.0. The Labute approximate surface area is 142 Å². The Hall–Kier alpha value is -2.07. The molecule has 0 saturated carbocycles. The van der Waals surface area contributed by atoms with Gasteiger partial charge in [0, 0.05) is 24.1 Å². The van der Waals surface area contributed by atoms with Crippen LogP contribution in [0.1, 0.15) is 31.2 Å². The molecule has 23 heavy (non-hydrogen) atoms. The average molecular weight is 336 g/mol. The quantitative estimate of drug-likeness (QED) is 0.323. The summed E-state index contributed by atoms with van der Waals surface area (Å²) in [6, 6.07) is 7.44. The molecule has 0 spiro atoms. The molecule has 1 aromatic rings. The van der Waals surface area contributed by atoms with Crippen LogP contribution in [0.25, 0.3) is 6.08 Å². The molecule has 1 amide bonds. The summed E-state index contributed by atoms with van der Waals surface area (Å²) in [4.78, 5) is 22.5. The normalized spacial score (nSPS) is 11.0. The number of nitrogens with one attached hydrogen (secondary N) is 1. The van der Waals surface area contributed by atoms with Gasteiger partial charge in [-0.3, -0.25) is 9.59 Å². The number of esters is 1. The Morgan fingerprint density at radius 2 is 1.87 bits per heavy atom. The molecule has 0 aliphatic heterocycles. The fraction of sp³-hybridized carbons (Fsp3) is 0.333. The molecule has 124 valence electrons. The number of hydrogen-bond acceptors (Lipinski definition) is 3. The summed E-state index contributed by atoms with van der Waals surface area (Å²) < 4.78 is 4.56. The van der Waals surface area contributed by atoms with Gasteiger partial charge in [0.1, 0.15) is 0 Å². The summed E-state index contributed by atoms with van der Waals surface area (Å²) >= 11 is 5.80. The van der Waals surface area contributed by atoms with Crippen molar-refractivity contribution in [2.45, 2.75) is 25.7 Å². The zero-order valence-corrected chi connectivity index (χ0v) is 14.0. The molecule has 1 aromatic carbocycles. The molecule has 0 heterocycles. The largest absolute Gasteiger partial charge is 0.469 e. The molecule has 0 aliphatic carbocycles. The number of rotatable bonds is 9. The van der Waals surface area contributed by atoms with Crippen molar-refractivity contribution in [2.75, 3.05) is 13.7 Å². The second-order valence-electron chi connectivity index (χ2n) is 4.95. The Bertz CT molecular complexity index is 550. The topological polar surface area (TPSA) is 55.4 Å². The van der Waals surface area contributed by atoms with E-state index in [0.29, 0.717) is 18.0 Å². The molecular formula is C18H22ClNO3. The maximum Gasteiger partial charge on any atom is 0.305 e. The first-order valence-corrected chi connectivity index (χ1v) is 7.94. The van der Waals surface area contributed by atoms with Crippen molar-refractivity contribution in [1.29, 1.82) is 0 Å². The van der Waals surface area contributed by atoms with Gasteiger partial charge in [-0.1, -0.05) is 48.4 Å². The number of unbranched alkanes of at least 4 members (excludes halogenated alkanes) is 2. The number of methoxy groups -OCH3 is 1. The zero-order valence-electron chi connectivity index (χ0n) is 13.3. The molecule has 0 radical (unpaired) electrons. The van der Waals surface area contributed by atoms with Gasteiger partial charge in [0.05, 0.1) is 7.11 Å². The van der Waals surface area contributed by atoms with Crippen LogP contribution in [-0.4, -0.2) is 25.5 Å². The zero-order chi connectivity index (χ0) is 16.9. The van der Waals surface area contributed by atoms with Gasteiger partial charge in [0.15, 0.2) is 0 Å². The second-order valence-corrected chi connectivity index (χ2v) is 5.38. The Kier molecular flexibility index (Phi) is 9.48. The van der Waals surface area contributed by atoms with Gasteiger partial charge in [0.25, 0.3) is 0 Å². The van der Waals surface area contributed by atoms with Gasteiger partial charge in [-0.15, -0.1) is 0 Å². The summed E-state index contributed by atoms with van der Waals surface area (Å²) in [6.07, 6.45) is 9.82. The summed E-state index contributed by atoms with van der Waals surface area (Å²) in [5, 5.41) is 3.50. The minimum atomic E-state index is -0.190. The summed E-state index contributed by atoms with van der Waals surface area (Å²) in [5.41, 5.74) is 1.02. The number of benzene rings is 1. The highest BCUT2D eigenvalue weighted by Gasteiger charge is 1.99. The van der Waals surface area contributed by atoms with Gasteiger partial charge in [-0.2, -0.15) is 0 Å². The number of carbonyl (C=O) groups is 2. The summed E-state index contributed by atoms with van der Waals surface area (Å²) in [5.74, 6) is -0.317. The van der Waals surface area contributed by atoms with Crippen LogP contribution in [0.15, 0.2) is 42.5 Å². The lowest BCUT2D eigenvalue weighted by Crippen LogP contribution is -2.22. The number of hydrogen-bond donors (Lipinski definition) is 1. The lowest BCUT2D eigenvalue weighted by Gasteiger charge is -2.02. The molecule has 1 rings (SSSR count). The third kappa shape index (κ3) is 9.53. The van der Waals surface area contributed by atoms with Crippen LogP contribution in [0.2, 0.25) is 5.02 Å². The van der Waals surface area contributed by atoms with Crippen molar-refractivity contribution in [3.63, 3.8) is 0 Å². The van der Waals surface area contributed by atoms with E-state index in [9.17, 15) is 9.59 Å². The third-order valence-electron chi connectivity index (χ3n) is 3.10. The predicted molar refractivity (Wildman–Crippen MR) is 93.1 cm³/mol. The Morgan fingerprint density at radius 1 is 1.13 bits per heavy atom. The van der Waals surface area contributed by atoms with Gasteiger partial charge in [-0.25, -0.2) is 0 Å². The smallest absolute Gasteiger partial charge is 0.305 e. The highest BCUT2D eigenvalue weighted by Crippen LogP contribution is 2.10. The van der Waals surface area contributed by atoms with Crippen LogP contribution in [0, 0.1) is 0 Å². The first-order valence-electron chi connectivity index (χ1n) is 7.57. The first-order chi connectivity index (χ1) is 11.1. The fourth-order valence-electron chi connectivity index (χ4n) is 1.83. The van der Waals surface area contributed by atoms with E-state index in [-0.39, 0.29) is 11.9 Å². The van der Waals surface area contributed by atoms with Crippen LogP contribution in [0.5, 0.6) is 0 Å². The lowest BCUT2D eigenvalue weighted by molar-refractivity contribution is -0.140. The van der Waals surface area contributed by atoms with Crippen LogP contribution in [-0.2, 0) is 14.3 Å². The second kappa shape index (κ2) is 11.5. The van der Waals surface area contributed by atoms with Crippen LogP contribution in [0.4, 0.5) is 0 Å². The van der Waals surface area contributed by atoms with Gasteiger partial charge in [-0.05, 0) is 30.5 Å². The van der Waals surface area contributed by atoms with Crippen LogP contribution >= 0.6 is 11.6 Å². The number of ether oxygens (including phenoxy) is 1. The SMILES string of the molecule is COC(=O)CCCCCNC(=O)/C=C\C=C\c1ccc(Cl)cc1. The molecule has 1 N–H and O–H groups in total. The van der Waals surface area contributed by atoms with E-state index in [1.807, 2.05) is 30.3 Å². The van der Waals surface area contributed by atoms with E-state index < -0.39 is 0 Å². The maximum absolute atomic E-state index is 11.6.